The van der Waals surface area contributed by atoms with Crippen LogP contribution < -0.4 is 10.1 Å². The number of carbonyl (C=O) groups is 1. The van der Waals surface area contributed by atoms with Crippen LogP contribution in [0.1, 0.15) is 32.3 Å². The second-order valence-electron chi connectivity index (χ2n) is 4.63. The quantitative estimate of drug-likeness (QED) is 0.825. The van der Waals surface area contributed by atoms with Gasteiger partial charge in [0, 0.05) is 6.54 Å². The Morgan fingerprint density at radius 2 is 2.05 bits per heavy atom. The zero-order valence-corrected chi connectivity index (χ0v) is 11.8. The van der Waals surface area contributed by atoms with Crippen LogP contribution in [0, 0.1) is 11.7 Å². The van der Waals surface area contributed by atoms with Crippen molar-refractivity contribution in [3.8, 4) is 5.75 Å². The molecule has 0 saturated carbocycles. The number of benzene rings is 1. The van der Waals surface area contributed by atoms with Crippen molar-refractivity contribution in [1.29, 1.82) is 0 Å². The normalized spacial score (nSPS) is 10.6. The van der Waals surface area contributed by atoms with Crippen LogP contribution >= 0.6 is 0 Å². The van der Waals surface area contributed by atoms with E-state index in [1.165, 1.54) is 13.2 Å². The van der Waals surface area contributed by atoms with E-state index in [0.29, 0.717) is 18.0 Å². The molecule has 0 bridgehead atoms. The molecule has 0 aromatic heterocycles. The molecule has 0 aliphatic rings. The summed E-state index contributed by atoms with van der Waals surface area (Å²) in [6.07, 6.45) is 2.29. The molecule has 0 atom stereocenters. The van der Waals surface area contributed by atoms with Crippen molar-refractivity contribution in [2.75, 3.05) is 13.7 Å². The van der Waals surface area contributed by atoms with Gasteiger partial charge in [0.1, 0.15) is 0 Å². The lowest BCUT2D eigenvalue weighted by Gasteiger charge is -2.13. The number of rotatable bonds is 7. The summed E-state index contributed by atoms with van der Waals surface area (Å²) in [5, 5.41) is 2.89. The first-order chi connectivity index (χ1) is 9.10. The fourth-order valence-electron chi connectivity index (χ4n) is 1.90. The molecule has 0 unspecified atom stereocenters. The topological polar surface area (TPSA) is 38.3 Å². The Hall–Kier alpha value is -1.58. The Morgan fingerprint density at radius 3 is 2.58 bits per heavy atom. The molecule has 0 spiro atoms. The van der Waals surface area contributed by atoms with E-state index >= 15 is 0 Å². The number of halogens is 1. The minimum Gasteiger partial charge on any atom is -0.494 e. The Morgan fingerprint density at radius 1 is 1.37 bits per heavy atom. The first-order valence-electron chi connectivity index (χ1n) is 6.69. The van der Waals surface area contributed by atoms with Crippen molar-refractivity contribution >= 4 is 5.91 Å². The summed E-state index contributed by atoms with van der Waals surface area (Å²) in [7, 11) is 1.42. The minimum absolute atomic E-state index is 0.0727. The Bertz CT molecular complexity index is 417. The average Bonchev–Trinajstić information content (AvgIpc) is 2.40. The summed E-state index contributed by atoms with van der Waals surface area (Å²) in [5.41, 5.74) is 0.653. The van der Waals surface area contributed by atoms with E-state index in [9.17, 15) is 9.18 Å². The molecule has 0 saturated heterocycles. The molecule has 1 aromatic carbocycles. The highest BCUT2D eigenvalue weighted by Gasteiger charge is 2.09. The van der Waals surface area contributed by atoms with E-state index in [0.717, 1.165) is 12.8 Å². The van der Waals surface area contributed by atoms with Crippen LogP contribution in [0.2, 0.25) is 0 Å². The fraction of sp³-hybridized carbons (Fsp3) is 0.533. The van der Waals surface area contributed by atoms with Crippen molar-refractivity contribution in [3.05, 3.63) is 29.6 Å². The molecule has 1 N–H and O–H groups in total. The van der Waals surface area contributed by atoms with Gasteiger partial charge in [-0.15, -0.1) is 0 Å². The van der Waals surface area contributed by atoms with E-state index in [2.05, 4.69) is 19.2 Å². The first kappa shape index (κ1) is 15.5. The summed E-state index contributed by atoms with van der Waals surface area (Å²) in [6, 6.07) is 4.59. The standard InChI is InChI=1S/C15H22FNO2/c1-4-11(5-2)10-17-15(18)9-12-6-7-14(19-3)13(16)8-12/h6-8,11H,4-5,9-10H2,1-3H3,(H,17,18). The summed E-state index contributed by atoms with van der Waals surface area (Å²) in [5.74, 6) is 0.196. The monoisotopic (exact) mass is 267 g/mol. The van der Waals surface area contributed by atoms with Gasteiger partial charge in [0.15, 0.2) is 11.6 Å². The predicted octanol–water partition coefficient (Wildman–Crippen LogP) is 2.93. The van der Waals surface area contributed by atoms with Gasteiger partial charge < -0.3 is 10.1 Å². The van der Waals surface area contributed by atoms with Crippen LogP contribution in [0.15, 0.2) is 18.2 Å². The van der Waals surface area contributed by atoms with Gasteiger partial charge in [0.25, 0.3) is 0 Å². The summed E-state index contributed by atoms with van der Waals surface area (Å²) in [6.45, 7) is 4.91. The smallest absolute Gasteiger partial charge is 0.224 e. The molecule has 1 aromatic rings. The SMILES string of the molecule is CCC(CC)CNC(=O)Cc1ccc(OC)c(F)c1. The van der Waals surface area contributed by atoms with Gasteiger partial charge in [-0.2, -0.15) is 0 Å². The van der Waals surface area contributed by atoms with Crippen LogP contribution in [-0.4, -0.2) is 19.6 Å². The molecule has 3 nitrogen and oxygen atoms in total. The number of amides is 1. The summed E-state index contributed by atoms with van der Waals surface area (Å²) < 4.78 is 18.3. The van der Waals surface area contributed by atoms with Crippen molar-refractivity contribution in [1.82, 2.24) is 5.32 Å². The van der Waals surface area contributed by atoms with Crippen LogP contribution in [-0.2, 0) is 11.2 Å². The molecule has 1 amide bonds. The van der Waals surface area contributed by atoms with Gasteiger partial charge in [0.2, 0.25) is 5.91 Å². The summed E-state index contributed by atoms with van der Waals surface area (Å²) in [4.78, 5) is 11.7. The maximum atomic E-state index is 13.5. The molecule has 4 heteroatoms. The molecule has 106 valence electrons. The maximum absolute atomic E-state index is 13.5. The van der Waals surface area contributed by atoms with Gasteiger partial charge in [-0.1, -0.05) is 32.8 Å². The molecule has 1 rings (SSSR count). The maximum Gasteiger partial charge on any atom is 0.224 e. The van der Waals surface area contributed by atoms with Crippen LogP contribution in [0.25, 0.3) is 0 Å². The van der Waals surface area contributed by atoms with Crippen molar-refractivity contribution in [3.63, 3.8) is 0 Å². The average molecular weight is 267 g/mol. The molecular formula is C15H22FNO2. The van der Waals surface area contributed by atoms with E-state index in [1.54, 1.807) is 12.1 Å². The number of nitrogens with one attached hydrogen (secondary N) is 1. The third-order valence-electron chi connectivity index (χ3n) is 3.32. The van der Waals surface area contributed by atoms with Crippen molar-refractivity contribution < 1.29 is 13.9 Å². The Balaban J connectivity index is 2.50. The lowest BCUT2D eigenvalue weighted by molar-refractivity contribution is -0.120. The largest absolute Gasteiger partial charge is 0.494 e. The molecule has 0 fully saturated rings. The van der Waals surface area contributed by atoms with Gasteiger partial charge in [-0.25, -0.2) is 4.39 Å². The second-order valence-corrected chi connectivity index (χ2v) is 4.63. The van der Waals surface area contributed by atoms with Gasteiger partial charge >= 0.3 is 0 Å². The van der Waals surface area contributed by atoms with Gasteiger partial charge in [-0.3, -0.25) is 4.79 Å². The lowest BCUT2D eigenvalue weighted by Crippen LogP contribution is -2.30. The van der Waals surface area contributed by atoms with E-state index < -0.39 is 5.82 Å². The third-order valence-corrected chi connectivity index (χ3v) is 3.32. The van der Waals surface area contributed by atoms with E-state index in [4.69, 9.17) is 4.74 Å². The number of ether oxygens (including phenoxy) is 1. The lowest BCUT2D eigenvalue weighted by atomic mass is 10.0. The highest BCUT2D eigenvalue weighted by atomic mass is 19.1. The minimum atomic E-state index is -0.437. The molecular weight excluding hydrogens is 245 g/mol. The molecule has 0 radical (unpaired) electrons. The van der Waals surface area contributed by atoms with Crippen molar-refractivity contribution in [2.45, 2.75) is 33.1 Å². The number of hydrogen-bond acceptors (Lipinski definition) is 2. The number of hydrogen-bond donors (Lipinski definition) is 1. The van der Waals surface area contributed by atoms with Gasteiger partial charge in [0.05, 0.1) is 13.5 Å². The van der Waals surface area contributed by atoms with Crippen molar-refractivity contribution in [2.24, 2.45) is 5.92 Å². The fourth-order valence-corrected chi connectivity index (χ4v) is 1.90. The van der Waals surface area contributed by atoms with Gasteiger partial charge in [-0.05, 0) is 23.6 Å². The predicted molar refractivity (Wildman–Crippen MR) is 73.7 cm³/mol. The van der Waals surface area contributed by atoms with Crippen LogP contribution in [0.4, 0.5) is 4.39 Å². The Kier molecular flexibility index (Phi) is 6.33. The van der Waals surface area contributed by atoms with Crippen LogP contribution in [0.5, 0.6) is 5.75 Å². The zero-order chi connectivity index (χ0) is 14.3. The van der Waals surface area contributed by atoms with E-state index in [-0.39, 0.29) is 18.1 Å². The number of carbonyl (C=O) groups excluding carboxylic acids is 1. The Labute approximate surface area is 114 Å². The molecule has 0 heterocycles. The zero-order valence-electron chi connectivity index (χ0n) is 11.8. The van der Waals surface area contributed by atoms with E-state index in [1.807, 2.05) is 0 Å². The molecule has 19 heavy (non-hydrogen) atoms. The molecule has 0 aliphatic heterocycles. The second kappa shape index (κ2) is 7.77. The molecule has 0 aliphatic carbocycles. The van der Waals surface area contributed by atoms with Crippen LogP contribution in [0.3, 0.4) is 0 Å². The highest BCUT2D eigenvalue weighted by molar-refractivity contribution is 5.78. The summed E-state index contributed by atoms with van der Waals surface area (Å²) >= 11 is 0. The third kappa shape index (κ3) is 4.89. The highest BCUT2D eigenvalue weighted by Crippen LogP contribution is 2.17. The first-order valence-corrected chi connectivity index (χ1v) is 6.69. The number of methoxy groups -OCH3 is 1.